The molecule has 0 radical (unpaired) electrons. The number of carbonyl (C=O) groups is 1. The summed E-state index contributed by atoms with van der Waals surface area (Å²) in [5.74, 6) is -0.466. The van der Waals surface area contributed by atoms with Crippen molar-refractivity contribution in [3.63, 3.8) is 0 Å². The normalized spacial score (nSPS) is 24.4. The molecule has 6 N–H and O–H groups in total. The molecular weight excluding hydrogens is 362 g/mol. The number of thiazole rings is 1. The lowest BCUT2D eigenvalue weighted by atomic mass is 9.97. The summed E-state index contributed by atoms with van der Waals surface area (Å²) in [5.41, 5.74) is 13.4. The number of H-pyrrole nitrogens is 1. The Morgan fingerprint density at radius 2 is 2.04 bits per heavy atom. The minimum Gasteiger partial charge on any atom is -0.389 e. The molecule has 3 aromatic heterocycles. The van der Waals surface area contributed by atoms with Crippen molar-refractivity contribution in [3.05, 3.63) is 30.2 Å². The monoisotopic (exact) mass is 383 g/mol. The summed E-state index contributed by atoms with van der Waals surface area (Å²) in [4.78, 5) is 26.2. The van der Waals surface area contributed by atoms with Crippen LogP contribution in [0.15, 0.2) is 24.7 Å². The van der Waals surface area contributed by atoms with Crippen LogP contribution in [0.2, 0.25) is 0 Å². The van der Waals surface area contributed by atoms with Crippen molar-refractivity contribution in [1.29, 1.82) is 0 Å². The lowest BCUT2D eigenvalue weighted by Gasteiger charge is -2.39. The van der Waals surface area contributed by atoms with Crippen LogP contribution >= 0.6 is 11.3 Å². The van der Waals surface area contributed by atoms with Gasteiger partial charge >= 0.3 is 0 Å². The minimum absolute atomic E-state index is 0.273. The van der Waals surface area contributed by atoms with E-state index in [9.17, 15) is 4.79 Å². The van der Waals surface area contributed by atoms with E-state index in [-0.39, 0.29) is 6.04 Å². The fourth-order valence-electron chi connectivity index (χ4n) is 4.56. The number of anilines is 3. The van der Waals surface area contributed by atoms with Gasteiger partial charge in [0.05, 0.1) is 17.4 Å². The van der Waals surface area contributed by atoms with Crippen molar-refractivity contribution >= 4 is 44.1 Å². The molecule has 0 aliphatic carbocycles. The molecule has 2 fully saturated rings. The Morgan fingerprint density at radius 1 is 1.26 bits per heavy atom. The highest BCUT2D eigenvalue weighted by Gasteiger charge is 2.42. The summed E-state index contributed by atoms with van der Waals surface area (Å²) in [7, 11) is 0. The predicted molar refractivity (Wildman–Crippen MR) is 107 cm³/mol. The lowest BCUT2D eigenvalue weighted by molar-refractivity contribution is 0.100. The summed E-state index contributed by atoms with van der Waals surface area (Å²) in [6, 6.07) is 3.08. The summed E-state index contributed by atoms with van der Waals surface area (Å²) in [6.07, 6.45) is 9.40. The second-order valence-electron chi connectivity index (χ2n) is 7.30. The Balaban J connectivity index is 1.42. The Bertz CT molecular complexity index is 998. The summed E-state index contributed by atoms with van der Waals surface area (Å²) >= 11 is 1.55. The molecule has 0 aromatic carbocycles. The smallest absolute Gasteiger partial charge is 0.252 e. The van der Waals surface area contributed by atoms with Gasteiger partial charge in [0.2, 0.25) is 0 Å². The third-order valence-electron chi connectivity index (χ3n) is 5.67. The lowest BCUT2D eigenvalue weighted by Crippen LogP contribution is -2.47. The molecule has 0 saturated carbocycles. The quantitative estimate of drug-likeness (QED) is 0.548. The van der Waals surface area contributed by atoms with Crippen molar-refractivity contribution in [2.24, 2.45) is 5.73 Å². The number of amides is 1. The highest BCUT2D eigenvalue weighted by molar-refractivity contribution is 7.19. The molecule has 1 unspecified atom stereocenters. The molecule has 3 aromatic rings. The molecule has 2 bridgehead atoms. The van der Waals surface area contributed by atoms with E-state index in [0.29, 0.717) is 17.6 Å². The van der Waals surface area contributed by atoms with E-state index in [4.69, 9.17) is 11.5 Å². The highest BCUT2D eigenvalue weighted by Crippen LogP contribution is 2.42. The number of carbonyl (C=O) groups excluding carboxylic acids is 1. The standard InChI is InChI=1S/C18H21N7OS/c19-14-8-23-18(27-14)25-10-1-2-11(25)6-9(5-10)24-15-12-3-4-21-17(12)22-7-13(15)16(20)26/h3-4,7-11H,1-2,5-6,19H2,(H2,20,26)(H2,21,22,24)/t9?,10-,11+. The Hall–Kier alpha value is -2.81. The molecular formula is C18H21N7OS. The summed E-state index contributed by atoms with van der Waals surface area (Å²) in [6.45, 7) is 0. The molecule has 5 rings (SSSR count). The van der Waals surface area contributed by atoms with Crippen LogP contribution in [0.1, 0.15) is 36.0 Å². The molecule has 5 heterocycles. The van der Waals surface area contributed by atoms with E-state index in [1.165, 1.54) is 0 Å². The van der Waals surface area contributed by atoms with Crippen molar-refractivity contribution in [1.82, 2.24) is 15.0 Å². The first kappa shape index (κ1) is 16.4. The first-order valence-electron chi connectivity index (χ1n) is 9.12. The molecule has 2 aliphatic rings. The number of hydrogen-bond acceptors (Lipinski definition) is 7. The molecule has 27 heavy (non-hydrogen) atoms. The van der Waals surface area contributed by atoms with Gasteiger partial charge < -0.3 is 26.7 Å². The van der Waals surface area contributed by atoms with E-state index in [1.807, 2.05) is 12.3 Å². The third-order valence-corrected chi connectivity index (χ3v) is 6.51. The number of piperidine rings is 1. The fraction of sp³-hybridized carbons (Fsp3) is 0.389. The largest absolute Gasteiger partial charge is 0.389 e. The van der Waals surface area contributed by atoms with Gasteiger partial charge in [-0.1, -0.05) is 11.3 Å². The Kier molecular flexibility index (Phi) is 3.71. The maximum absolute atomic E-state index is 11.9. The Morgan fingerprint density at radius 3 is 2.70 bits per heavy atom. The van der Waals surface area contributed by atoms with Crippen LogP contribution < -0.4 is 21.7 Å². The molecule has 2 aliphatic heterocycles. The number of primary amides is 1. The van der Waals surface area contributed by atoms with Gasteiger partial charge in [-0.3, -0.25) is 4.79 Å². The van der Waals surface area contributed by atoms with Gasteiger partial charge in [-0.2, -0.15) is 0 Å². The van der Waals surface area contributed by atoms with Crippen molar-refractivity contribution in [2.75, 3.05) is 16.0 Å². The number of nitrogens with one attached hydrogen (secondary N) is 2. The van der Waals surface area contributed by atoms with E-state index in [0.717, 1.165) is 52.5 Å². The molecule has 9 heteroatoms. The van der Waals surface area contributed by atoms with E-state index in [1.54, 1.807) is 23.7 Å². The van der Waals surface area contributed by atoms with Crippen LogP contribution in [0.4, 0.5) is 15.8 Å². The molecule has 2 saturated heterocycles. The summed E-state index contributed by atoms with van der Waals surface area (Å²) in [5, 5.41) is 6.28. The maximum atomic E-state index is 11.9. The van der Waals surface area contributed by atoms with Gasteiger partial charge in [-0.15, -0.1) is 0 Å². The molecule has 0 spiro atoms. The summed E-state index contributed by atoms with van der Waals surface area (Å²) < 4.78 is 0. The minimum atomic E-state index is -0.466. The number of aromatic amines is 1. The number of hydrogen-bond donors (Lipinski definition) is 4. The highest BCUT2D eigenvalue weighted by atomic mass is 32.1. The zero-order valence-corrected chi connectivity index (χ0v) is 15.5. The molecule has 140 valence electrons. The van der Waals surface area contributed by atoms with E-state index in [2.05, 4.69) is 25.2 Å². The van der Waals surface area contributed by atoms with Crippen LogP contribution in [-0.4, -0.2) is 39.0 Å². The molecule has 1 amide bonds. The number of rotatable bonds is 4. The van der Waals surface area contributed by atoms with E-state index >= 15 is 0 Å². The SMILES string of the molecule is NC(=O)c1cnc2[nH]ccc2c1NC1C[C@H]2CC[C@@H](C1)N2c1ncc(N)s1. The van der Waals surface area contributed by atoms with Gasteiger partial charge in [0.25, 0.3) is 5.91 Å². The molecule has 3 atom stereocenters. The number of pyridine rings is 1. The van der Waals surface area contributed by atoms with Gasteiger partial charge in [0.1, 0.15) is 10.6 Å². The molecule has 8 nitrogen and oxygen atoms in total. The maximum Gasteiger partial charge on any atom is 0.252 e. The van der Waals surface area contributed by atoms with Gasteiger partial charge in [0.15, 0.2) is 5.13 Å². The second-order valence-corrected chi connectivity index (χ2v) is 8.34. The fourth-order valence-corrected chi connectivity index (χ4v) is 5.38. The van der Waals surface area contributed by atoms with Crippen molar-refractivity contribution in [2.45, 2.75) is 43.8 Å². The number of nitrogens with two attached hydrogens (primary N) is 2. The average molecular weight is 383 g/mol. The van der Waals surface area contributed by atoms with Gasteiger partial charge in [-0.05, 0) is 31.7 Å². The zero-order valence-electron chi connectivity index (χ0n) is 14.7. The van der Waals surface area contributed by atoms with Crippen molar-refractivity contribution in [3.8, 4) is 0 Å². The average Bonchev–Trinajstić information content (AvgIpc) is 3.33. The number of aromatic nitrogens is 3. The number of fused-ring (bicyclic) bond motifs is 3. The van der Waals surface area contributed by atoms with Crippen LogP contribution in [0.5, 0.6) is 0 Å². The van der Waals surface area contributed by atoms with Gasteiger partial charge in [0, 0.05) is 35.9 Å². The van der Waals surface area contributed by atoms with Gasteiger partial charge in [-0.25, -0.2) is 9.97 Å². The number of nitrogen functional groups attached to an aromatic ring is 1. The first-order chi connectivity index (χ1) is 13.1. The van der Waals surface area contributed by atoms with Crippen LogP contribution in [0.3, 0.4) is 0 Å². The third kappa shape index (κ3) is 2.69. The second kappa shape index (κ2) is 6.12. The van der Waals surface area contributed by atoms with Crippen molar-refractivity contribution < 1.29 is 4.79 Å². The Labute approximate surface area is 160 Å². The van der Waals surface area contributed by atoms with Crippen LogP contribution in [0, 0.1) is 0 Å². The zero-order chi connectivity index (χ0) is 18.5. The van der Waals surface area contributed by atoms with E-state index < -0.39 is 5.91 Å². The topological polar surface area (TPSA) is 126 Å². The predicted octanol–water partition coefficient (Wildman–Crippen LogP) is 2.31. The van der Waals surface area contributed by atoms with Crippen LogP contribution in [0.25, 0.3) is 11.0 Å². The number of nitrogens with zero attached hydrogens (tertiary/aromatic N) is 3. The van der Waals surface area contributed by atoms with Crippen LogP contribution in [-0.2, 0) is 0 Å². The first-order valence-corrected chi connectivity index (χ1v) is 9.94.